The Morgan fingerprint density at radius 2 is 1.17 bits per heavy atom. The minimum absolute atomic E-state index is 0. The van der Waals surface area contributed by atoms with E-state index in [9.17, 15) is 0 Å². The molecule has 0 saturated carbocycles. The molecule has 0 heterocycles. The van der Waals surface area contributed by atoms with Gasteiger partial charge < -0.3 is 12.3 Å². The standard InChI is InChI=1S/2H3N.H2O3Se/c;;1-4(2)3/h2*1H3;(H2,1,2,3). The van der Waals surface area contributed by atoms with Gasteiger partial charge in [0.25, 0.3) is 0 Å². The first kappa shape index (κ1) is 16.4. The second kappa shape index (κ2) is 8.94. The second-order valence-corrected chi connectivity index (χ2v) is 1.06. The van der Waals surface area contributed by atoms with Gasteiger partial charge >= 0.3 is 26.7 Å². The van der Waals surface area contributed by atoms with E-state index in [0.717, 1.165) is 0 Å². The molecule has 0 radical (unpaired) electrons. The summed E-state index contributed by atoms with van der Waals surface area (Å²) in [5.41, 5.74) is 0. The minimum atomic E-state index is -3.79. The van der Waals surface area contributed by atoms with Gasteiger partial charge in [0.1, 0.15) is 0 Å². The Labute approximate surface area is 39.9 Å². The predicted molar refractivity (Wildman–Crippen MR) is 18.4 cm³/mol. The van der Waals surface area contributed by atoms with Crippen LogP contribution in [0.3, 0.4) is 0 Å². The molecule has 0 spiro atoms. The topological polar surface area (TPSA) is 136 Å². The second-order valence-electron chi connectivity index (χ2n) is 0.204. The van der Waals surface area contributed by atoms with Crippen molar-refractivity contribution in [3.8, 4) is 0 Å². The summed E-state index contributed by atoms with van der Waals surface area (Å²) in [5, 5.41) is 0. The Hall–Kier alpha value is 0.159. The zero-order chi connectivity index (χ0) is 3.58. The number of rotatable bonds is 0. The number of hydrogen-bond donors (Lipinski definition) is 2. The van der Waals surface area contributed by atoms with Crippen molar-refractivity contribution in [2.24, 2.45) is 0 Å². The van der Waals surface area contributed by atoms with Gasteiger partial charge in [0.15, 0.2) is 0 Å². The van der Waals surface area contributed by atoms with E-state index in [4.69, 9.17) is 12.2 Å². The van der Waals surface area contributed by atoms with Crippen molar-refractivity contribution in [1.82, 2.24) is 12.3 Å². The van der Waals surface area contributed by atoms with Crippen LogP contribution in [0.25, 0.3) is 0 Å². The van der Waals surface area contributed by atoms with Gasteiger partial charge in [-0.1, -0.05) is 0 Å². The van der Waals surface area contributed by atoms with E-state index in [1.165, 1.54) is 0 Å². The van der Waals surface area contributed by atoms with Crippen LogP contribution in [0.15, 0.2) is 0 Å². The van der Waals surface area contributed by atoms with Crippen LogP contribution in [0.1, 0.15) is 0 Å². The van der Waals surface area contributed by atoms with E-state index in [0.29, 0.717) is 0 Å². The summed E-state index contributed by atoms with van der Waals surface area (Å²) in [6, 6.07) is 0. The van der Waals surface area contributed by atoms with Crippen LogP contribution in [-0.2, 0) is 3.83 Å². The Bertz CT molecular complexity index is 31.8. The Balaban J connectivity index is -0.0000000450. The fraction of sp³-hybridized carbons (Fsp3) is 0. The first-order chi connectivity index (χ1) is 1.73. The maximum Gasteiger partial charge on any atom is -0.369 e. The Morgan fingerprint density at radius 3 is 1.17 bits per heavy atom. The van der Waals surface area contributed by atoms with Crippen LogP contribution in [0.4, 0.5) is 0 Å². The summed E-state index contributed by atoms with van der Waals surface area (Å²) < 4.78 is 25.6. The summed E-state index contributed by atoms with van der Waals surface area (Å²) in [5.74, 6) is 0. The van der Waals surface area contributed by atoms with E-state index in [-0.39, 0.29) is 12.3 Å². The molecular formula is H8N2O3Se. The van der Waals surface area contributed by atoms with Gasteiger partial charge in [-0.2, -0.15) is 0 Å². The number of hydrogen-bond acceptors (Lipinski definition) is 3. The largest absolute Gasteiger partial charge is 0.369 e. The molecule has 42 valence electrons. The molecule has 5 nitrogen and oxygen atoms in total. The van der Waals surface area contributed by atoms with E-state index < -0.39 is 14.5 Å². The van der Waals surface area contributed by atoms with Crippen molar-refractivity contribution in [3.05, 3.63) is 0 Å². The van der Waals surface area contributed by atoms with Crippen LogP contribution < -0.4 is 20.7 Å². The maximum atomic E-state index is 8.54. The van der Waals surface area contributed by atoms with E-state index in [2.05, 4.69) is 0 Å². The molecule has 0 aromatic heterocycles. The summed E-state index contributed by atoms with van der Waals surface area (Å²) >= 11 is -3.79. The molecule has 6 heavy (non-hydrogen) atoms. The molecular weight excluding hydrogens is 155 g/mol. The van der Waals surface area contributed by atoms with Crippen molar-refractivity contribution in [2.45, 2.75) is 0 Å². The van der Waals surface area contributed by atoms with Crippen LogP contribution in [-0.4, -0.2) is 14.5 Å². The maximum absolute atomic E-state index is 8.54. The van der Waals surface area contributed by atoms with Gasteiger partial charge in [-0.05, 0) is 0 Å². The van der Waals surface area contributed by atoms with Crippen LogP contribution >= 0.6 is 0 Å². The monoisotopic (exact) mass is 164 g/mol. The van der Waals surface area contributed by atoms with Gasteiger partial charge in [0.2, 0.25) is 0 Å². The Kier molecular flexibility index (Phi) is 24.5. The van der Waals surface area contributed by atoms with Gasteiger partial charge in [0.05, 0.1) is 0 Å². The third kappa shape index (κ3) is 1630. The average Bonchev–Trinajstić information content (AvgIpc) is 0.811. The van der Waals surface area contributed by atoms with E-state index in [1.54, 1.807) is 0 Å². The molecule has 0 rings (SSSR count). The summed E-state index contributed by atoms with van der Waals surface area (Å²) in [7, 11) is 0. The summed E-state index contributed by atoms with van der Waals surface area (Å²) in [6.07, 6.45) is 0. The van der Waals surface area contributed by atoms with E-state index in [1.807, 2.05) is 0 Å². The van der Waals surface area contributed by atoms with Gasteiger partial charge in [-0.15, -0.1) is 0 Å². The first-order valence-electron chi connectivity index (χ1n) is 0.500. The first-order valence-corrected chi connectivity index (χ1v) is 2.60. The van der Waals surface area contributed by atoms with Crippen molar-refractivity contribution in [3.63, 3.8) is 0 Å². The van der Waals surface area contributed by atoms with Gasteiger partial charge in [0, 0.05) is 0 Å². The molecule has 6 heteroatoms. The van der Waals surface area contributed by atoms with E-state index >= 15 is 0 Å². The quantitative estimate of drug-likeness (QED) is 0.394. The smallest absolute Gasteiger partial charge is 0.369 e. The predicted octanol–water partition coefficient (Wildman–Crippen LogP) is -2.13. The van der Waals surface area contributed by atoms with Crippen molar-refractivity contribution >= 4 is 14.5 Å². The average molecular weight is 163 g/mol. The third-order valence-corrected chi connectivity index (χ3v) is 0. The zero-order valence-electron chi connectivity index (χ0n) is 3.63. The van der Waals surface area contributed by atoms with Crippen molar-refractivity contribution in [1.29, 1.82) is 0 Å². The molecule has 0 aromatic rings. The molecule has 0 fully saturated rings. The molecule has 0 aliphatic carbocycles. The van der Waals surface area contributed by atoms with Crippen LogP contribution in [0, 0.1) is 0 Å². The zero-order valence-corrected chi connectivity index (χ0v) is 5.35. The fourth-order valence-corrected chi connectivity index (χ4v) is 0. The Morgan fingerprint density at radius 1 is 1.17 bits per heavy atom. The molecule has 0 bridgehead atoms. The molecule has 0 aliphatic rings. The molecule has 0 amide bonds. The normalized spacial score (nSPS) is 5.83. The summed E-state index contributed by atoms with van der Waals surface area (Å²) in [4.78, 5) is 0. The third-order valence-electron chi connectivity index (χ3n) is 0. The molecule has 0 aliphatic heterocycles. The van der Waals surface area contributed by atoms with Crippen molar-refractivity contribution < 1.29 is 12.2 Å². The minimum Gasteiger partial charge on any atom is -0.369 e. The van der Waals surface area contributed by atoms with Crippen LogP contribution in [0.2, 0.25) is 0 Å². The number of quaternary nitrogens is 2. The molecule has 0 aromatic carbocycles. The van der Waals surface area contributed by atoms with Gasteiger partial charge in [-0.3, -0.25) is 0 Å². The SMILES string of the molecule is O=[Se]([O-])[O-].[NH4+].[NH4+]. The van der Waals surface area contributed by atoms with Gasteiger partial charge in [-0.25, -0.2) is 0 Å². The van der Waals surface area contributed by atoms with Crippen molar-refractivity contribution in [2.75, 3.05) is 0 Å². The van der Waals surface area contributed by atoms with Crippen LogP contribution in [0.5, 0.6) is 0 Å². The molecule has 0 atom stereocenters. The fourth-order valence-electron chi connectivity index (χ4n) is 0. The molecule has 8 N–H and O–H groups in total. The molecule has 0 unspecified atom stereocenters. The molecule has 0 saturated heterocycles. The summed E-state index contributed by atoms with van der Waals surface area (Å²) in [6.45, 7) is 0.